The van der Waals surface area contributed by atoms with Crippen LogP contribution in [0.4, 0.5) is 11.7 Å². The third-order valence-corrected chi connectivity index (χ3v) is 3.84. The van der Waals surface area contributed by atoms with Gasteiger partial charge in [0.1, 0.15) is 0 Å². The third-order valence-electron chi connectivity index (χ3n) is 3.61. The zero-order valence-corrected chi connectivity index (χ0v) is 13.8. The molecule has 0 spiro atoms. The summed E-state index contributed by atoms with van der Waals surface area (Å²) >= 11 is 5.98. The minimum atomic E-state index is 0.309. The minimum Gasteiger partial charge on any atom is -0.403 e. The van der Waals surface area contributed by atoms with Crippen molar-refractivity contribution >= 4 is 23.3 Å². The van der Waals surface area contributed by atoms with Gasteiger partial charge < -0.3 is 9.73 Å². The first kappa shape index (κ1) is 15.4. The molecular weight excluding hydrogens is 336 g/mol. The molecule has 0 unspecified atom stereocenters. The predicted molar refractivity (Wildman–Crippen MR) is 97.7 cm³/mol. The first-order valence-corrected chi connectivity index (χ1v) is 8.03. The summed E-state index contributed by atoms with van der Waals surface area (Å²) in [5.41, 5.74) is 3.69. The fourth-order valence-corrected chi connectivity index (χ4v) is 2.64. The van der Waals surface area contributed by atoms with Crippen LogP contribution in [0.25, 0.3) is 22.6 Å². The molecule has 25 heavy (non-hydrogen) atoms. The van der Waals surface area contributed by atoms with E-state index in [4.69, 9.17) is 16.0 Å². The van der Waals surface area contributed by atoms with Gasteiger partial charge in [0.05, 0.1) is 0 Å². The Morgan fingerprint density at radius 1 is 0.840 bits per heavy atom. The van der Waals surface area contributed by atoms with Crippen molar-refractivity contribution in [3.05, 3.63) is 78.1 Å². The van der Waals surface area contributed by atoms with Crippen molar-refractivity contribution in [2.45, 2.75) is 0 Å². The van der Waals surface area contributed by atoms with E-state index in [1.807, 2.05) is 54.7 Å². The van der Waals surface area contributed by atoms with Gasteiger partial charge in [-0.25, -0.2) is 0 Å². The minimum absolute atomic E-state index is 0.309. The summed E-state index contributed by atoms with van der Waals surface area (Å²) in [4.78, 5) is 4.15. The SMILES string of the molecule is Clc1cccc(Nc2nnc(-c3cccc(-c4cccnc4)c3)o2)c1. The Balaban J connectivity index is 1.60. The fraction of sp³-hybridized carbons (Fsp3) is 0. The van der Waals surface area contributed by atoms with Gasteiger partial charge >= 0.3 is 6.01 Å². The van der Waals surface area contributed by atoms with Crippen LogP contribution in [0.3, 0.4) is 0 Å². The van der Waals surface area contributed by atoms with Gasteiger partial charge in [0.2, 0.25) is 5.89 Å². The molecule has 0 bridgehead atoms. The summed E-state index contributed by atoms with van der Waals surface area (Å²) in [6.07, 6.45) is 3.57. The maximum Gasteiger partial charge on any atom is 0.320 e. The number of rotatable bonds is 4. The number of halogens is 1. The molecular formula is C19H13ClN4O. The molecule has 2 aromatic carbocycles. The lowest BCUT2D eigenvalue weighted by Gasteiger charge is -2.03. The Morgan fingerprint density at radius 2 is 1.68 bits per heavy atom. The monoisotopic (exact) mass is 348 g/mol. The van der Waals surface area contributed by atoms with Gasteiger partial charge in [-0.05, 0) is 42.0 Å². The van der Waals surface area contributed by atoms with Crippen molar-refractivity contribution in [3.8, 4) is 22.6 Å². The molecule has 2 aromatic heterocycles. The van der Waals surface area contributed by atoms with Crippen LogP contribution < -0.4 is 5.32 Å². The van der Waals surface area contributed by atoms with Crippen LogP contribution in [-0.2, 0) is 0 Å². The van der Waals surface area contributed by atoms with Crippen molar-refractivity contribution in [1.82, 2.24) is 15.2 Å². The third kappa shape index (κ3) is 3.51. The number of hydrogen-bond acceptors (Lipinski definition) is 5. The molecule has 2 heterocycles. The van der Waals surface area contributed by atoms with Gasteiger partial charge in [-0.3, -0.25) is 4.98 Å². The van der Waals surface area contributed by atoms with Crippen molar-refractivity contribution in [2.24, 2.45) is 0 Å². The lowest BCUT2D eigenvalue weighted by molar-refractivity contribution is 0.587. The van der Waals surface area contributed by atoms with Crippen LogP contribution in [0.5, 0.6) is 0 Å². The summed E-state index contributed by atoms with van der Waals surface area (Å²) in [7, 11) is 0. The van der Waals surface area contributed by atoms with Crippen molar-refractivity contribution in [3.63, 3.8) is 0 Å². The largest absolute Gasteiger partial charge is 0.403 e. The Hall–Kier alpha value is -3.18. The van der Waals surface area contributed by atoms with Gasteiger partial charge in [0.15, 0.2) is 0 Å². The smallest absolute Gasteiger partial charge is 0.320 e. The topological polar surface area (TPSA) is 63.8 Å². The van der Waals surface area contributed by atoms with E-state index in [2.05, 4.69) is 20.5 Å². The molecule has 0 aliphatic rings. The van der Waals surface area contributed by atoms with Crippen LogP contribution >= 0.6 is 11.6 Å². The first-order valence-electron chi connectivity index (χ1n) is 7.65. The van der Waals surface area contributed by atoms with E-state index < -0.39 is 0 Å². The van der Waals surface area contributed by atoms with Crippen molar-refractivity contribution in [1.29, 1.82) is 0 Å². The Morgan fingerprint density at radius 3 is 2.52 bits per heavy atom. The predicted octanol–water partition coefficient (Wildman–Crippen LogP) is 5.20. The van der Waals surface area contributed by atoms with E-state index in [1.165, 1.54) is 0 Å². The molecule has 0 aliphatic carbocycles. The van der Waals surface area contributed by atoms with Gasteiger partial charge in [0, 0.05) is 34.2 Å². The Labute approximate surface area is 149 Å². The first-order chi connectivity index (χ1) is 12.3. The number of nitrogens with zero attached hydrogens (tertiary/aromatic N) is 3. The number of aromatic nitrogens is 3. The van der Waals surface area contributed by atoms with Crippen molar-refractivity contribution in [2.75, 3.05) is 5.32 Å². The zero-order valence-electron chi connectivity index (χ0n) is 13.1. The highest BCUT2D eigenvalue weighted by Crippen LogP contribution is 2.27. The average molecular weight is 349 g/mol. The standard InChI is InChI=1S/C19H13ClN4O/c20-16-7-2-8-17(11-16)22-19-24-23-18(25-19)14-5-1-4-13(10-14)15-6-3-9-21-12-15/h1-12H,(H,22,24). The van der Waals surface area contributed by atoms with E-state index in [0.717, 1.165) is 22.4 Å². The molecule has 0 fully saturated rings. The molecule has 5 nitrogen and oxygen atoms in total. The second-order valence-corrected chi connectivity index (χ2v) is 5.81. The average Bonchev–Trinajstić information content (AvgIpc) is 3.11. The number of anilines is 2. The van der Waals surface area contributed by atoms with Gasteiger partial charge in [-0.1, -0.05) is 41.0 Å². The van der Waals surface area contributed by atoms with Crippen LogP contribution in [0.15, 0.2) is 77.5 Å². The quantitative estimate of drug-likeness (QED) is 0.549. The summed E-state index contributed by atoms with van der Waals surface area (Å²) in [5, 5.41) is 11.8. The van der Waals surface area contributed by atoms with E-state index >= 15 is 0 Å². The van der Waals surface area contributed by atoms with E-state index in [1.54, 1.807) is 18.3 Å². The van der Waals surface area contributed by atoms with E-state index in [-0.39, 0.29) is 0 Å². The summed E-state index contributed by atoms with van der Waals surface area (Å²) in [5.74, 6) is 0.440. The number of nitrogens with one attached hydrogen (secondary N) is 1. The molecule has 0 saturated heterocycles. The van der Waals surface area contributed by atoms with Crippen LogP contribution in [0.2, 0.25) is 5.02 Å². The highest BCUT2D eigenvalue weighted by Gasteiger charge is 2.10. The van der Waals surface area contributed by atoms with Crippen LogP contribution in [0, 0.1) is 0 Å². The lowest BCUT2D eigenvalue weighted by Crippen LogP contribution is -1.89. The molecule has 0 saturated carbocycles. The number of hydrogen-bond donors (Lipinski definition) is 1. The van der Waals surface area contributed by atoms with E-state index in [9.17, 15) is 0 Å². The molecule has 6 heteroatoms. The molecule has 0 atom stereocenters. The number of benzene rings is 2. The maximum absolute atomic E-state index is 5.98. The molecule has 0 radical (unpaired) electrons. The molecule has 0 aliphatic heterocycles. The van der Waals surface area contributed by atoms with E-state index in [0.29, 0.717) is 16.9 Å². The second kappa shape index (κ2) is 6.75. The van der Waals surface area contributed by atoms with Gasteiger partial charge in [0.25, 0.3) is 0 Å². The highest BCUT2D eigenvalue weighted by molar-refractivity contribution is 6.30. The fourth-order valence-electron chi connectivity index (χ4n) is 2.45. The van der Waals surface area contributed by atoms with Gasteiger partial charge in [-0.15, -0.1) is 5.10 Å². The zero-order chi connectivity index (χ0) is 17.1. The number of pyridine rings is 1. The molecule has 4 aromatic rings. The molecule has 122 valence electrons. The van der Waals surface area contributed by atoms with Crippen molar-refractivity contribution < 1.29 is 4.42 Å². The highest BCUT2D eigenvalue weighted by atomic mass is 35.5. The summed E-state index contributed by atoms with van der Waals surface area (Å²) in [6.45, 7) is 0. The molecule has 4 rings (SSSR count). The Kier molecular flexibility index (Phi) is 4.14. The lowest BCUT2D eigenvalue weighted by atomic mass is 10.1. The summed E-state index contributed by atoms with van der Waals surface area (Å²) < 4.78 is 5.71. The normalized spacial score (nSPS) is 10.6. The van der Waals surface area contributed by atoms with Crippen LogP contribution in [-0.4, -0.2) is 15.2 Å². The maximum atomic E-state index is 5.98. The molecule has 0 amide bonds. The Bertz CT molecular complexity index is 1000. The van der Waals surface area contributed by atoms with Crippen LogP contribution in [0.1, 0.15) is 0 Å². The van der Waals surface area contributed by atoms with Gasteiger partial charge in [-0.2, -0.15) is 0 Å². The summed E-state index contributed by atoms with van der Waals surface area (Å²) in [6, 6.07) is 19.4. The molecule has 1 N–H and O–H groups in total. The second-order valence-electron chi connectivity index (χ2n) is 5.37.